The van der Waals surface area contributed by atoms with Crippen molar-refractivity contribution in [1.29, 1.82) is 0 Å². The van der Waals surface area contributed by atoms with E-state index in [0.29, 0.717) is 37.1 Å². The van der Waals surface area contributed by atoms with Crippen LogP contribution in [0.2, 0.25) is 5.02 Å². The van der Waals surface area contributed by atoms with Crippen molar-refractivity contribution >= 4 is 17.7 Å². The van der Waals surface area contributed by atoms with Crippen LogP contribution in [0.25, 0.3) is 11.1 Å². The molecule has 1 unspecified atom stereocenters. The Balaban J connectivity index is 1.35. The number of methoxy groups -OCH3 is 1. The fourth-order valence-electron chi connectivity index (χ4n) is 4.67. The quantitative estimate of drug-likeness (QED) is 0.628. The molecule has 0 bridgehead atoms. The van der Waals surface area contributed by atoms with E-state index in [1.165, 1.54) is 29.4 Å². The average molecular weight is 450 g/mol. The standard InChI is InChI=1S/C25H24ClN3O3/c1-31-24-22(26)12-16(13-28-24)23-14-27-10-11-29(23)25(30)32-15-21-19-8-4-2-6-17(19)18-7-3-5-9-20(18)21/h2-9,12-13,21,23,27H,10-11,14-15H2,1H3. The maximum absolute atomic E-state index is 13.2. The summed E-state index contributed by atoms with van der Waals surface area (Å²) in [4.78, 5) is 19.2. The molecule has 2 heterocycles. The lowest BCUT2D eigenvalue weighted by atomic mass is 9.98. The molecule has 1 amide bonds. The van der Waals surface area contributed by atoms with Crippen molar-refractivity contribution in [3.05, 3.63) is 82.5 Å². The summed E-state index contributed by atoms with van der Waals surface area (Å²) in [6.45, 7) is 2.16. The maximum Gasteiger partial charge on any atom is 0.410 e. The van der Waals surface area contributed by atoms with Crippen molar-refractivity contribution in [3.8, 4) is 17.0 Å². The monoisotopic (exact) mass is 449 g/mol. The number of hydrogen-bond acceptors (Lipinski definition) is 5. The summed E-state index contributed by atoms with van der Waals surface area (Å²) < 4.78 is 11.0. The third-order valence-corrected chi connectivity index (χ3v) is 6.49. The summed E-state index contributed by atoms with van der Waals surface area (Å²) in [7, 11) is 1.53. The SMILES string of the molecule is COc1ncc(C2CNCCN2C(=O)OCC2c3ccccc3-c3ccccc32)cc1Cl. The normalized spacial score (nSPS) is 17.6. The van der Waals surface area contributed by atoms with Gasteiger partial charge in [-0.1, -0.05) is 60.1 Å². The summed E-state index contributed by atoms with van der Waals surface area (Å²) in [5.74, 6) is 0.400. The Morgan fingerprint density at radius 1 is 1.16 bits per heavy atom. The van der Waals surface area contributed by atoms with Gasteiger partial charge < -0.3 is 14.8 Å². The number of ether oxygens (including phenoxy) is 2. The zero-order valence-electron chi connectivity index (χ0n) is 17.8. The van der Waals surface area contributed by atoms with E-state index in [4.69, 9.17) is 21.1 Å². The molecular formula is C25H24ClN3O3. The average Bonchev–Trinajstić information content (AvgIpc) is 3.16. The molecule has 6 nitrogen and oxygen atoms in total. The van der Waals surface area contributed by atoms with Gasteiger partial charge in [0.15, 0.2) is 0 Å². The number of carbonyl (C=O) groups is 1. The highest BCUT2D eigenvalue weighted by Gasteiger charge is 2.33. The molecule has 7 heteroatoms. The van der Waals surface area contributed by atoms with Crippen molar-refractivity contribution in [2.45, 2.75) is 12.0 Å². The summed E-state index contributed by atoms with van der Waals surface area (Å²) in [5.41, 5.74) is 5.66. The Morgan fingerprint density at radius 3 is 2.50 bits per heavy atom. The van der Waals surface area contributed by atoms with Crippen molar-refractivity contribution in [2.75, 3.05) is 33.4 Å². The molecule has 1 aromatic heterocycles. The van der Waals surface area contributed by atoms with E-state index in [-0.39, 0.29) is 18.1 Å². The zero-order valence-corrected chi connectivity index (χ0v) is 18.5. The number of hydrogen-bond donors (Lipinski definition) is 1. The summed E-state index contributed by atoms with van der Waals surface area (Å²) in [5, 5.41) is 3.76. The second kappa shape index (κ2) is 8.81. The minimum atomic E-state index is -0.328. The van der Waals surface area contributed by atoms with Gasteiger partial charge in [0.05, 0.1) is 13.2 Å². The first-order valence-corrected chi connectivity index (χ1v) is 11.1. The van der Waals surface area contributed by atoms with Gasteiger partial charge in [0.1, 0.15) is 11.6 Å². The summed E-state index contributed by atoms with van der Waals surface area (Å²) in [6, 6.07) is 18.2. The van der Waals surface area contributed by atoms with E-state index in [0.717, 1.165) is 5.56 Å². The largest absolute Gasteiger partial charge is 0.480 e. The molecule has 1 N–H and O–H groups in total. The number of amides is 1. The molecule has 2 aromatic carbocycles. The Labute approximate surface area is 192 Å². The fourth-order valence-corrected chi connectivity index (χ4v) is 4.92. The van der Waals surface area contributed by atoms with Crippen LogP contribution in [0.3, 0.4) is 0 Å². The Kier molecular flexibility index (Phi) is 5.72. The van der Waals surface area contributed by atoms with Crippen LogP contribution in [0.15, 0.2) is 60.8 Å². The summed E-state index contributed by atoms with van der Waals surface area (Å²) in [6.07, 6.45) is 1.37. The number of halogens is 1. The molecule has 1 atom stereocenters. The molecule has 1 aliphatic heterocycles. The zero-order chi connectivity index (χ0) is 22.1. The first kappa shape index (κ1) is 20.8. The van der Waals surface area contributed by atoms with Gasteiger partial charge in [0.25, 0.3) is 0 Å². The lowest BCUT2D eigenvalue weighted by molar-refractivity contribution is 0.0751. The van der Waals surface area contributed by atoms with Crippen LogP contribution in [0.1, 0.15) is 28.7 Å². The third kappa shape index (κ3) is 3.70. The number of aromatic nitrogens is 1. The predicted octanol–water partition coefficient (Wildman–Crippen LogP) is 4.64. The van der Waals surface area contributed by atoms with Crippen LogP contribution < -0.4 is 10.1 Å². The molecule has 32 heavy (non-hydrogen) atoms. The highest BCUT2D eigenvalue weighted by molar-refractivity contribution is 6.31. The van der Waals surface area contributed by atoms with Gasteiger partial charge >= 0.3 is 6.09 Å². The van der Waals surface area contributed by atoms with Gasteiger partial charge in [-0.2, -0.15) is 0 Å². The van der Waals surface area contributed by atoms with Gasteiger partial charge in [0, 0.05) is 31.7 Å². The van der Waals surface area contributed by atoms with Crippen molar-refractivity contribution in [2.24, 2.45) is 0 Å². The maximum atomic E-state index is 13.2. The lowest BCUT2D eigenvalue weighted by Gasteiger charge is -2.35. The Bertz CT molecular complexity index is 1110. The third-order valence-electron chi connectivity index (χ3n) is 6.22. The Hall–Kier alpha value is -3.09. The number of rotatable bonds is 4. The molecule has 2 aliphatic rings. The van der Waals surface area contributed by atoms with Crippen molar-refractivity contribution < 1.29 is 14.3 Å². The van der Waals surface area contributed by atoms with Crippen LogP contribution in [0.4, 0.5) is 4.79 Å². The van der Waals surface area contributed by atoms with Crippen LogP contribution in [0.5, 0.6) is 5.88 Å². The molecular weight excluding hydrogens is 426 g/mol. The Morgan fingerprint density at radius 2 is 1.84 bits per heavy atom. The van der Waals surface area contributed by atoms with E-state index in [9.17, 15) is 4.79 Å². The van der Waals surface area contributed by atoms with E-state index in [1.54, 1.807) is 17.2 Å². The number of pyridine rings is 1. The molecule has 1 aliphatic carbocycles. The van der Waals surface area contributed by atoms with Gasteiger partial charge in [0.2, 0.25) is 5.88 Å². The van der Waals surface area contributed by atoms with E-state index >= 15 is 0 Å². The molecule has 0 radical (unpaired) electrons. The first-order valence-electron chi connectivity index (χ1n) is 10.7. The number of fused-ring (bicyclic) bond motifs is 3. The predicted molar refractivity (Wildman–Crippen MR) is 123 cm³/mol. The number of piperazine rings is 1. The smallest absolute Gasteiger partial charge is 0.410 e. The lowest BCUT2D eigenvalue weighted by Crippen LogP contribution is -2.49. The second-order valence-electron chi connectivity index (χ2n) is 7.98. The van der Waals surface area contributed by atoms with Crippen LogP contribution >= 0.6 is 11.6 Å². The van der Waals surface area contributed by atoms with Crippen molar-refractivity contribution in [3.63, 3.8) is 0 Å². The number of nitrogens with zero attached hydrogens (tertiary/aromatic N) is 2. The number of carbonyl (C=O) groups excluding carboxylic acids is 1. The van der Waals surface area contributed by atoms with Gasteiger partial charge in [-0.15, -0.1) is 0 Å². The highest BCUT2D eigenvalue weighted by atomic mass is 35.5. The molecule has 1 fully saturated rings. The molecule has 3 aromatic rings. The number of benzene rings is 2. The second-order valence-corrected chi connectivity index (χ2v) is 8.38. The van der Waals surface area contributed by atoms with Gasteiger partial charge in [-0.25, -0.2) is 9.78 Å². The minimum absolute atomic E-state index is 0.0322. The van der Waals surface area contributed by atoms with Crippen molar-refractivity contribution in [1.82, 2.24) is 15.2 Å². The molecule has 164 valence electrons. The van der Waals surface area contributed by atoms with Gasteiger partial charge in [-0.3, -0.25) is 4.90 Å². The van der Waals surface area contributed by atoms with Crippen LogP contribution in [-0.2, 0) is 4.74 Å². The van der Waals surface area contributed by atoms with Gasteiger partial charge in [-0.05, 0) is 33.9 Å². The first-order chi connectivity index (χ1) is 15.7. The molecule has 0 spiro atoms. The minimum Gasteiger partial charge on any atom is -0.480 e. The highest BCUT2D eigenvalue weighted by Crippen LogP contribution is 2.44. The molecule has 1 saturated heterocycles. The van der Waals surface area contributed by atoms with E-state index in [1.807, 2.05) is 24.3 Å². The van der Waals surface area contributed by atoms with E-state index in [2.05, 4.69) is 34.6 Å². The van der Waals surface area contributed by atoms with Crippen LogP contribution in [0, 0.1) is 0 Å². The molecule has 5 rings (SSSR count). The molecule has 0 saturated carbocycles. The van der Waals surface area contributed by atoms with E-state index < -0.39 is 0 Å². The number of nitrogens with one attached hydrogen (secondary N) is 1. The topological polar surface area (TPSA) is 63.7 Å². The summed E-state index contributed by atoms with van der Waals surface area (Å²) >= 11 is 6.28. The fraction of sp³-hybridized carbons (Fsp3) is 0.280. The van der Waals surface area contributed by atoms with Crippen LogP contribution in [-0.4, -0.2) is 49.3 Å².